The SMILES string of the molecule is CC(C)(C)C1CNC(=O)C1C(=O)Nc1ccccc1C#N. The van der Waals surface area contributed by atoms with Crippen molar-refractivity contribution in [3.05, 3.63) is 29.8 Å². The van der Waals surface area contributed by atoms with Gasteiger partial charge in [0.2, 0.25) is 11.8 Å². The predicted octanol–water partition coefficient (Wildman–Crippen LogP) is 1.91. The predicted molar refractivity (Wildman–Crippen MR) is 79.2 cm³/mol. The fraction of sp³-hybridized carbons (Fsp3) is 0.438. The lowest BCUT2D eigenvalue weighted by molar-refractivity contribution is -0.132. The Morgan fingerprint density at radius 2 is 2.05 bits per heavy atom. The minimum Gasteiger partial charge on any atom is -0.355 e. The smallest absolute Gasteiger partial charge is 0.237 e. The summed E-state index contributed by atoms with van der Waals surface area (Å²) in [4.78, 5) is 24.4. The van der Waals surface area contributed by atoms with Gasteiger partial charge in [-0.15, -0.1) is 0 Å². The number of rotatable bonds is 2. The fourth-order valence-electron chi connectivity index (χ4n) is 2.63. The van der Waals surface area contributed by atoms with Crippen LogP contribution in [0.2, 0.25) is 0 Å². The zero-order valence-electron chi connectivity index (χ0n) is 12.4. The molecule has 2 unspecified atom stereocenters. The van der Waals surface area contributed by atoms with E-state index >= 15 is 0 Å². The molecule has 2 amide bonds. The molecule has 0 spiro atoms. The number of carbonyl (C=O) groups is 2. The van der Waals surface area contributed by atoms with Gasteiger partial charge in [0.25, 0.3) is 0 Å². The monoisotopic (exact) mass is 285 g/mol. The zero-order chi connectivity index (χ0) is 15.6. The second kappa shape index (κ2) is 5.57. The van der Waals surface area contributed by atoms with E-state index in [1.165, 1.54) is 0 Å². The summed E-state index contributed by atoms with van der Waals surface area (Å²) < 4.78 is 0. The maximum absolute atomic E-state index is 12.5. The summed E-state index contributed by atoms with van der Waals surface area (Å²) >= 11 is 0. The van der Waals surface area contributed by atoms with Gasteiger partial charge in [-0.1, -0.05) is 32.9 Å². The number of benzene rings is 1. The number of para-hydroxylation sites is 1. The minimum absolute atomic E-state index is 0.0701. The standard InChI is InChI=1S/C16H19N3O2/c1-16(2,3)11-9-18-14(20)13(11)15(21)19-12-7-5-4-6-10(12)8-17/h4-7,11,13H,9H2,1-3H3,(H,18,20)(H,19,21). The lowest BCUT2D eigenvalue weighted by atomic mass is 9.74. The Hall–Kier alpha value is -2.35. The molecule has 0 aliphatic carbocycles. The van der Waals surface area contributed by atoms with Crippen molar-refractivity contribution >= 4 is 17.5 Å². The highest BCUT2D eigenvalue weighted by molar-refractivity contribution is 6.08. The summed E-state index contributed by atoms with van der Waals surface area (Å²) in [7, 11) is 0. The van der Waals surface area contributed by atoms with Gasteiger partial charge in [0.15, 0.2) is 0 Å². The second-order valence-corrected chi connectivity index (χ2v) is 6.34. The highest BCUT2D eigenvalue weighted by Crippen LogP contribution is 2.35. The number of nitrogens with zero attached hydrogens (tertiary/aromatic N) is 1. The number of nitriles is 1. The Kier molecular flexibility index (Phi) is 3.99. The van der Waals surface area contributed by atoms with E-state index in [9.17, 15) is 9.59 Å². The van der Waals surface area contributed by atoms with Gasteiger partial charge in [0.1, 0.15) is 12.0 Å². The van der Waals surface area contributed by atoms with E-state index < -0.39 is 5.92 Å². The van der Waals surface area contributed by atoms with Crippen molar-refractivity contribution in [3.8, 4) is 6.07 Å². The molecular weight excluding hydrogens is 266 g/mol. The van der Waals surface area contributed by atoms with Crippen molar-refractivity contribution < 1.29 is 9.59 Å². The Balaban J connectivity index is 2.23. The molecule has 0 bridgehead atoms. The van der Waals surface area contributed by atoms with E-state index in [-0.39, 0.29) is 23.1 Å². The van der Waals surface area contributed by atoms with Gasteiger partial charge >= 0.3 is 0 Å². The third kappa shape index (κ3) is 3.05. The molecule has 1 aliphatic heterocycles. The molecule has 0 saturated carbocycles. The molecule has 1 heterocycles. The van der Waals surface area contributed by atoms with Crippen molar-refractivity contribution in [2.75, 3.05) is 11.9 Å². The van der Waals surface area contributed by atoms with Crippen molar-refractivity contribution in [2.45, 2.75) is 20.8 Å². The van der Waals surface area contributed by atoms with E-state index in [2.05, 4.69) is 10.6 Å². The molecule has 5 heteroatoms. The van der Waals surface area contributed by atoms with Gasteiger partial charge in [-0.2, -0.15) is 5.26 Å². The molecule has 21 heavy (non-hydrogen) atoms. The Morgan fingerprint density at radius 3 is 2.67 bits per heavy atom. The molecule has 0 radical (unpaired) electrons. The first-order chi connectivity index (χ1) is 9.84. The third-order valence-electron chi connectivity index (χ3n) is 3.88. The lowest BCUT2D eigenvalue weighted by Gasteiger charge is -2.29. The normalized spacial score (nSPS) is 21.5. The average molecular weight is 285 g/mol. The molecular formula is C16H19N3O2. The first-order valence-corrected chi connectivity index (χ1v) is 6.92. The second-order valence-electron chi connectivity index (χ2n) is 6.34. The Morgan fingerprint density at radius 1 is 1.38 bits per heavy atom. The summed E-state index contributed by atoms with van der Waals surface area (Å²) in [5, 5.41) is 14.5. The van der Waals surface area contributed by atoms with Crippen molar-refractivity contribution in [1.82, 2.24) is 5.32 Å². The van der Waals surface area contributed by atoms with Crippen molar-refractivity contribution in [1.29, 1.82) is 5.26 Å². The van der Waals surface area contributed by atoms with Gasteiger partial charge in [0, 0.05) is 12.5 Å². The summed E-state index contributed by atoms with van der Waals surface area (Å²) in [6, 6.07) is 8.79. The van der Waals surface area contributed by atoms with E-state index in [0.717, 1.165) is 0 Å². The number of amides is 2. The van der Waals surface area contributed by atoms with Crippen LogP contribution in [0, 0.1) is 28.6 Å². The molecule has 1 aliphatic rings. The van der Waals surface area contributed by atoms with Gasteiger partial charge in [-0.05, 0) is 17.5 Å². The maximum atomic E-state index is 12.5. The van der Waals surface area contributed by atoms with Crippen LogP contribution in [-0.4, -0.2) is 18.4 Å². The molecule has 1 fully saturated rings. The van der Waals surface area contributed by atoms with Gasteiger partial charge in [-0.3, -0.25) is 9.59 Å². The van der Waals surface area contributed by atoms with Crippen LogP contribution in [0.25, 0.3) is 0 Å². The quantitative estimate of drug-likeness (QED) is 0.814. The minimum atomic E-state index is -0.725. The summed E-state index contributed by atoms with van der Waals surface area (Å²) in [5.41, 5.74) is 0.671. The number of carbonyl (C=O) groups excluding carboxylic acids is 2. The van der Waals surface area contributed by atoms with Crippen LogP contribution in [0.1, 0.15) is 26.3 Å². The van der Waals surface area contributed by atoms with Gasteiger partial charge in [-0.25, -0.2) is 0 Å². The largest absolute Gasteiger partial charge is 0.355 e. The highest BCUT2D eigenvalue weighted by atomic mass is 16.2. The summed E-state index contributed by atoms with van der Waals surface area (Å²) in [6.07, 6.45) is 0. The number of anilines is 1. The molecule has 1 aromatic carbocycles. The van der Waals surface area contributed by atoms with Crippen molar-refractivity contribution in [3.63, 3.8) is 0 Å². The Bertz CT molecular complexity index is 611. The molecule has 2 rings (SSSR count). The molecule has 110 valence electrons. The molecule has 5 nitrogen and oxygen atoms in total. The van der Waals surface area contributed by atoms with E-state index in [0.29, 0.717) is 17.8 Å². The fourth-order valence-corrected chi connectivity index (χ4v) is 2.63. The Labute approximate surface area is 124 Å². The van der Waals surface area contributed by atoms with Crippen molar-refractivity contribution in [2.24, 2.45) is 17.3 Å². The first-order valence-electron chi connectivity index (χ1n) is 6.92. The molecule has 2 N–H and O–H groups in total. The van der Waals surface area contributed by atoms with Crippen LogP contribution in [0.5, 0.6) is 0 Å². The van der Waals surface area contributed by atoms with Crippen LogP contribution in [0.3, 0.4) is 0 Å². The number of nitrogens with one attached hydrogen (secondary N) is 2. The zero-order valence-corrected chi connectivity index (χ0v) is 12.4. The van der Waals surface area contributed by atoms with Gasteiger partial charge in [0.05, 0.1) is 11.3 Å². The summed E-state index contributed by atoms with van der Waals surface area (Å²) in [6.45, 7) is 6.55. The van der Waals surface area contributed by atoms with Crippen LogP contribution in [0.4, 0.5) is 5.69 Å². The van der Waals surface area contributed by atoms with E-state index in [1.54, 1.807) is 24.3 Å². The number of hydrogen-bond acceptors (Lipinski definition) is 3. The van der Waals surface area contributed by atoms with Gasteiger partial charge < -0.3 is 10.6 Å². The van der Waals surface area contributed by atoms with Crippen LogP contribution in [0.15, 0.2) is 24.3 Å². The number of hydrogen-bond donors (Lipinski definition) is 2. The summed E-state index contributed by atoms with van der Waals surface area (Å²) in [5.74, 6) is -1.40. The molecule has 2 atom stereocenters. The van der Waals surface area contributed by atoms with Crippen LogP contribution >= 0.6 is 0 Å². The topological polar surface area (TPSA) is 82.0 Å². The lowest BCUT2D eigenvalue weighted by Crippen LogP contribution is -2.37. The first kappa shape index (κ1) is 15.0. The molecule has 1 saturated heterocycles. The molecule has 0 aromatic heterocycles. The maximum Gasteiger partial charge on any atom is 0.237 e. The van der Waals surface area contributed by atoms with E-state index in [1.807, 2.05) is 26.8 Å². The van der Waals surface area contributed by atoms with E-state index in [4.69, 9.17) is 5.26 Å². The average Bonchev–Trinajstić information content (AvgIpc) is 2.81. The van der Waals surface area contributed by atoms with Crippen LogP contribution in [-0.2, 0) is 9.59 Å². The molecule has 1 aromatic rings. The highest BCUT2D eigenvalue weighted by Gasteiger charge is 2.45. The van der Waals surface area contributed by atoms with Crippen LogP contribution < -0.4 is 10.6 Å². The third-order valence-corrected chi connectivity index (χ3v) is 3.88.